The van der Waals surface area contributed by atoms with Crippen molar-refractivity contribution in [2.45, 2.75) is 31.7 Å². The monoisotopic (exact) mass is 127 g/mol. The molecule has 0 spiro atoms. The Kier molecular flexibility index (Phi) is 2.22. The number of carbonyl (C=O) groups is 1. The van der Waals surface area contributed by atoms with E-state index in [1.54, 1.807) is 0 Å². The van der Waals surface area contributed by atoms with Crippen molar-refractivity contribution in [2.75, 3.05) is 0 Å². The molecule has 0 amide bonds. The van der Waals surface area contributed by atoms with Crippen LogP contribution in [0.5, 0.6) is 0 Å². The Morgan fingerprint density at radius 1 is 1.67 bits per heavy atom. The second-order valence-corrected chi connectivity index (χ2v) is 2.83. The van der Waals surface area contributed by atoms with Crippen LogP contribution >= 0.6 is 0 Å². The summed E-state index contributed by atoms with van der Waals surface area (Å²) in [7, 11) is 0. The normalized spacial score (nSPS) is 22.8. The van der Waals surface area contributed by atoms with Crippen LogP contribution in [0.15, 0.2) is 0 Å². The maximum Gasteiger partial charge on any atom is 0.136 e. The predicted molar refractivity (Wildman–Crippen MR) is 36.0 cm³/mol. The van der Waals surface area contributed by atoms with Gasteiger partial charge in [0.15, 0.2) is 0 Å². The van der Waals surface area contributed by atoms with Gasteiger partial charge < -0.3 is 10.5 Å². The van der Waals surface area contributed by atoms with E-state index in [2.05, 4.69) is 0 Å². The maximum atomic E-state index is 10.1. The van der Waals surface area contributed by atoms with Crippen LogP contribution in [0.4, 0.5) is 0 Å². The molecule has 1 saturated carbocycles. The van der Waals surface area contributed by atoms with E-state index in [0.29, 0.717) is 0 Å². The predicted octanol–water partition coefficient (Wildman–Crippen LogP) is 0.703. The summed E-state index contributed by atoms with van der Waals surface area (Å²) in [6.07, 6.45) is 5.64. The van der Waals surface area contributed by atoms with E-state index in [1.165, 1.54) is 19.3 Å². The van der Waals surface area contributed by atoms with Crippen LogP contribution < -0.4 is 5.73 Å². The molecule has 52 valence electrons. The lowest BCUT2D eigenvalue weighted by molar-refractivity contribution is -0.109. The third-order valence-electron chi connectivity index (χ3n) is 2.01. The average molecular weight is 127 g/mol. The van der Waals surface area contributed by atoms with Crippen molar-refractivity contribution in [1.82, 2.24) is 0 Å². The van der Waals surface area contributed by atoms with Crippen molar-refractivity contribution in [1.29, 1.82) is 0 Å². The molecule has 1 aliphatic rings. The zero-order valence-electron chi connectivity index (χ0n) is 5.55. The fourth-order valence-electron chi connectivity index (χ4n) is 1.17. The van der Waals surface area contributed by atoms with Crippen LogP contribution in [0.1, 0.15) is 25.7 Å². The van der Waals surface area contributed by atoms with Crippen LogP contribution in [-0.2, 0) is 4.79 Å². The van der Waals surface area contributed by atoms with Crippen molar-refractivity contribution >= 4 is 6.29 Å². The molecule has 2 heteroatoms. The van der Waals surface area contributed by atoms with Crippen molar-refractivity contribution in [3.8, 4) is 0 Å². The van der Waals surface area contributed by atoms with Gasteiger partial charge in [0.25, 0.3) is 0 Å². The first-order chi connectivity index (χ1) is 4.33. The molecular formula is C7H13NO. The molecule has 0 radical (unpaired) electrons. The Morgan fingerprint density at radius 2 is 2.33 bits per heavy atom. The molecular weight excluding hydrogens is 114 g/mol. The number of carbonyl (C=O) groups excluding carboxylic acids is 1. The Bertz CT molecular complexity index is 99.1. The van der Waals surface area contributed by atoms with Gasteiger partial charge >= 0.3 is 0 Å². The van der Waals surface area contributed by atoms with E-state index in [0.717, 1.165) is 18.6 Å². The van der Waals surface area contributed by atoms with Crippen LogP contribution in [0.2, 0.25) is 0 Å². The molecule has 0 aromatic heterocycles. The molecule has 2 nitrogen and oxygen atoms in total. The first-order valence-corrected chi connectivity index (χ1v) is 3.54. The number of aldehydes is 1. The zero-order chi connectivity index (χ0) is 6.69. The van der Waals surface area contributed by atoms with Gasteiger partial charge in [-0.15, -0.1) is 0 Å². The number of hydrogen-bond donors (Lipinski definition) is 1. The first-order valence-electron chi connectivity index (χ1n) is 3.54. The molecule has 0 aromatic carbocycles. The van der Waals surface area contributed by atoms with E-state index < -0.39 is 0 Å². The van der Waals surface area contributed by atoms with Crippen LogP contribution in [0.25, 0.3) is 0 Å². The number of rotatable bonds is 3. The first kappa shape index (κ1) is 6.75. The topological polar surface area (TPSA) is 43.1 Å². The summed E-state index contributed by atoms with van der Waals surface area (Å²) in [5.74, 6) is 0.755. The minimum Gasteiger partial charge on any atom is -0.322 e. The number of nitrogens with two attached hydrogens (primary N) is 1. The van der Waals surface area contributed by atoms with Gasteiger partial charge in [0.1, 0.15) is 6.29 Å². The molecule has 0 saturated heterocycles. The van der Waals surface area contributed by atoms with Crippen LogP contribution in [-0.4, -0.2) is 12.3 Å². The second kappa shape index (κ2) is 2.97. The fourth-order valence-corrected chi connectivity index (χ4v) is 1.17. The highest BCUT2D eigenvalue weighted by Crippen LogP contribution is 2.29. The molecule has 1 aliphatic carbocycles. The summed E-state index contributed by atoms with van der Waals surface area (Å²) < 4.78 is 0. The van der Waals surface area contributed by atoms with Crippen molar-refractivity contribution in [3.63, 3.8) is 0 Å². The summed E-state index contributed by atoms with van der Waals surface area (Å²) in [5, 5.41) is 0. The van der Waals surface area contributed by atoms with Gasteiger partial charge in [0, 0.05) is 0 Å². The van der Waals surface area contributed by atoms with Crippen molar-refractivity contribution in [2.24, 2.45) is 11.7 Å². The van der Waals surface area contributed by atoms with E-state index >= 15 is 0 Å². The number of hydrogen-bond acceptors (Lipinski definition) is 2. The third-order valence-corrected chi connectivity index (χ3v) is 2.01. The van der Waals surface area contributed by atoms with E-state index in [9.17, 15) is 4.79 Å². The van der Waals surface area contributed by atoms with Gasteiger partial charge in [-0.1, -0.05) is 19.3 Å². The Hall–Kier alpha value is -0.370. The van der Waals surface area contributed by atoms with Gasteiger partial charge in [0.2, 0.25) is 0 Å². The molecule has 9 heavy (non-hydrogen) atoms. The van der Waals surface area contributed by atoms with Gasteiger partial charge in [0.05, 0.1) is 6.04 Å². The highest BCUT2D eigenvalue weighted by Gasteiger charge is 2.19. The second-order valence-electron chi connectivity index (χ2n) is 2.83. The fraction of sp³-hybridized carbons (Fsp3) is 0.857. The summed E-state index contributed by atoms with van der Waals surface area (Å²) in [5.41, 5.74) is 5.42. The zero-order valence-corrected chi connectivity index (χ0v) is 5.55. The Labute approximate surface area is 55.4 Å². The van der Waals surface area contributed by atoms with Gasteiger partial charge in [-0.05, 0) is 12.3 Å². The largest absolute Gasteiger partial charge is 0.322 e. The molecule has 0 heterocycles. The SMILES string of the molecule is N[C@H](C=O)CC1CCC1. The van der Waals surface area contributed by atoms with E-state index in [-0.39, 0.29) is 6.04 Å². The minimum atomic E-state index is -0.199. The molecule has 1 fully saturated rings. The smallest absolute Gasteiger partial charge is 0.136 e. The maximum absolute atomic E-state index is 10.1. The van der Waals surface area contributed by atoms with Crippen molar-refractivity contribution in [3.05, 3.63) is 0 Å². The highest BCUT2D eigenvalue weighted by atomic mass is 16.1. The quantitative estimate of drug-likeness (QED) is 0.567. The Morgan fingerprint density at radius 3 is 2.67 bits per heavy atom. The lowest BCUT2D eigenvalue weighted by Gasteiger charge is -2.26. The van der Waals surface area contributed by atoms with Gasteiger partial charge in [-0.3, -0.25) is 0 Å². The van der Waals surface area contributed by atoms with Crippen molar-refractivity contribution < 1.29 is 4.79 Å². The lowest BCUT2D eigenvalue weighted by atomic mass is 9.81. The molecule has 1 rings (SSSR count). The Balaban J connectivity index is 2.08. The summed E-state index contributed by atoms with van der Waals surface area (Å²) in [4.78, 5) is 10.1. The summed E-state index contributed by atoms with van der Waals surface area (Å²) >= 11 is 0. The summed E-state index contributed by atoms with van der Waals surface area (Å²) in [6, 6.07) is -0.199. The average Bonchev–Trinajstić information content (AvgIpc) is 1.78. The lowest BCUT2D eigenvalue weighted by Crippen LogP contribution is -2.27. The van der Waals surface area contributed by atoms with Gasteiger partial charge in [-0.2, -0.15) is 0 Å². The summed E-state index contributed by atoms with van der Waals surface area (Å²) in [6.45, 7) is 0. The van der Waals surface area contributed by atoms with E-state index in [1.807, 2.05) is 0 Å². The highest BCUT2D eigenvalue weighted by molar-refractivity contribution is 5.56. The van der Waals surface area contributed by atoms with E-state index in [4.69, 9.17) is 5.73 Å². The molecule has 0 unspecified atom stereocenters. The van der Waals surface area contributed by atoms with Gasteiger partial charge in [-0.25, -0.2) is 0 Å². The molecule has 1 atom stereocenters. The molecule has 0 aliphatic heterocycles. The van der Waals surface area contributed by atoms with Crippen LogP contribution in [0.3, 0.4) is 0 Å². The minimum absolute atomic E-state index is 0.199. The molecule has 0 bridgehead atoms. The molecule has 0 aromatic rings. The molecule has 2 N–H and O–H groups in total. The standard InChI is InChI=1S/C7H13NO/c8-7(5-9)4-6-2-1-3-6/h5-7H,1-4,8H2/t7-/m0/s1. The third kappa shape index (κ3) is 1.79. The van der Waals surface area contributed by atoms with Crippen LogP contribution in [0, 0.1) is 5.92 Å².